The van der Waals surface area contributed by atoms with Crippen LogP contribution in [0.3, 0.4) is 0 Å². The highest BCUT2D eigenvalue weighted by atomic mass is 35.5. The smallest absolute Gasteiger partial charge is 0.328 e. The average molecular weight is 358 g/mol. The number of aliphatic imine (C=N–C) groups is 1. The van der Waals surface area contributed by atoms with Gasteiger partial charge in [-0.05, 0) is 23.8 Å². The third kappa shape index (κ3) is 4.22. The van der Waals surface area contributed by atoms with Crippen molar-refractivity contribution in [2.75, 3.05) is 6.61 Å². The second-order valence-corrected chi connectivity index (χ2v) is 5.47. The zero-order valence-corrected chi connectivity index (χ0v) is 13.2. The summed E-state index contributed by atoms with van der Waals surface area (Å²) in [6.07, 6.45) is 2.85. The van der Waals surface area contributed by atoms with Crippen molar-refractivity contribution in [2.24, 2.45) is 4.99 Å². The Kier molecular flexibility index (Phi) is 5.59. The molecule has 2 rings (SSSR count). The normalized spacial score (nSPS) is 17.9. The van der Waals surface area contributed by atoms with E-state index in [1.165, 1.54) is 12.4 Å². The van der Waals surface area contributed by atoms with Gasteiger partial charge in [-0.2, -0.15) is 0 Å². The van der Waals surface area contributed by atoms with Gasteiger partial charge in [0.1, 0.15) is 6.04 Å². The molecule has 122 valence electrons. The van der Waals surface area contributed by atoms with Crippen LogP contribution in [0, 0.1) is 0 Å². The Morgan fingerprint density at radius 1 is 1.35 bits per heavy atom. The monoisotopic (exact) mass is 357 g/mol. The van der Waals surface area contributed by atoms with E-state index >= 15 is 0 Å². The van der Waals surface area contributed by atoms with E-state index < -0.39 is 30.6 Å². The number of carboxylic acid groups (broad SMARTS) is 1. The molecular weight excluding hydrogens is 345 g/mol. The highest BCUT2D eigenvalue weighted by molar-refractivity contribution is 6.42. The molecular formula is C14H13Cl2N3O4. The Hall–Kier alpha value is -2.09. The lowest BCUT2D eigenvalue weighted by atomic mass is 10.1. The molecule has 9 heteroatoms. The van der Waals surface area contributed by atoms with Gasteiger partial charge in [-0.15, -0.1) is 0 Å². The third-order valence-corrected chi connectivity index (χ3v) is 3.82. The van der Waals surface area contributed by atoms with Gasteiger partial charge in [-0.1, -0.05) is 29.3 Å². The summed E-state index contributed by atoms with van der Waals surface area (Å²) < 4.78 is 0. The van der Waals surface area contributed by atoms with Crippen molar-refractivity contribution in [3.8, 4) is 0 Å². The fourth-order valence-electron chi connectivity index (χ4n) is 1.87. The molecule has 2 atom stereocenters. The number of hydrogen-bond acceptors (Lipinski definition) is 5. The van der Waals surface area contributed by atoms with Gasteiger partial charge in [0.05, 0.1) is 23.0 Å². The Morgan fingerprint density at radius 3 is 2.70 bits per heavy atom. The predicted molar refractivity (Wildman–Crippen MR) is 86.5 cm³/mol. The summed E-state index contributed by atoms with van der Waals surface area (Å²) in [7, 11) is 0. The summed E-state index contributed by atoms with van der Waals surface area (Å²) in [4.78, 5) is 26.8. The van der Waals surface area contributed by atoms with Crippen LogP contribution in [0.1, 0.15) is 5.56 Å². The number of hydrogen-bond donors (Lipinski definition) is 4. The molecule has 23 heavy (non-hydrogen) atoms. The molecule has 1 aromatic rings. The highest BCUT2D eigenvalue weighted by Crippen LogP contribution is 2.26. The Morgan fingerprint density at radius 2 is 2.09 bits per heavy atom. The average Bonchev–Trinajstić information content (AvgIpc) is 2.54. The number of benzene rings is 1. The van der Waals surface area contributed by atoms with Crippen LogP contribution in [0.4, 0.5) is 0 Å². The number of aliphatic hydroxyl groups is 1. The fourth-order valence-corrected chi connectivity index (χ4v) is 2.16. The van der Waals surface area contributed by atoms with Crippen molar-refractivity contribution in [3.63, 3.8) is 0 Å². The van der Waals surface area contributed by atoms with Crippen LogP contribution < -0.4 is 10.6 Å². The van der Waals surface area contributed by atoms with Crippen molar-refractivity contribution >= 4 is 47.1 Å². The van der Waals surface area contributed by atoms with Gasteiger partial charge in [0.25, 0.3) is 0 Å². The van der Waals surface area contributed by atoms with Gasteiger partial charge in [-0.3, -0.25) is 9.79 Å². The Labute approximate surface area is 141 Å². The maximum Gasteiger partial charge on any atom is 0.328 e. The van der Waals surface area contributed by atoms with E-state index in [2.05, 4.69) is 15.6 Å². The van der Waals surface area contributed by atoms with E-state index in [1.807, 2.05) is 0 Å². The topological polar surface area (TPSA) is 111 Å². The van der Waals surface area contributed by atoms with Gasteiger partial charge >= 0.3 is 5.97 Å². The zero-order chi connectivity index (χ0) is 17.0. The number of rotatable bonds is 5. The van der Waals surface area contributed by atoms with Gasteiger partial charge in [0.2, 0.25) is 5.91 Å². The lowest BCUT2D eigenvalue weighted by Gasteiger charge is -2.19. The molecule has 1 amide bonds. The molecule has 1 aliphatic heterocycles. The molecule has 4 N–H and O–H groups in total. The quantitative estimate of drug-likeness (QED) is 0.625. The number of carbonyl (C=O) groups excluding carboxylic acids is 1. The number of nitrogens with one attached hydrogen (secondary N) is 2. The van der Waals surface area contributed by atoms with Crippen LogP contribution in [0.15, 0.2) is 29.3 Å². The lowest BCUT2D eigenvalue weighted by molar-refractivity contribution is -0.142. The molecule has 1 unspecified atom stereocenters. The Bertz CT molecular complexity index is 691. The van der Waals surface area contributed by atoms with E-state index in [-0.39, 0.29) is 0 Å². The number of aliphatic carboxylic acids is 1. The van der Waals surface area contributed by atoms with Crippen molar-refractivity contribution in [1.82, 2.24) is 10.6 Å². The summed E-state index contributed by atoms with van der Waals surface area (Å²) >= 11 is 11.8. The van der Waals surface area contributed by atoms with Gasteiger partial charge in [0, 0.05) is 5.70 Å². The molecule has 0 aliphatic carbocycles. The molecule has 1 heterocycles. The summed E-state index contributed by atoms with van der Waals surface area (Å²) in [5, 5.41) is 23.6. The van der Waals surface area contributed by atoms with Gasteiger partial charge in [-0.25, -0.2) is 4.79 Å². The highest BCUT2D eigenvalue weighted by Gasteiger charge is 2.24. The first-order valence-corrected chi connectivity index (χ1v) is 7.27. The number of carboxylic acids is 1. The zero-order valence-electron chi connectivity index (χ0n) is 11.7. The predicted octanol–water partition coefficient (Wildman–Crippen LogP) is 0.896. The van der Waals surface area contributed by atoms with Crippen LogP contribution >= 0.6 is 23.2 Å². The molecule has 0 spiro atoms. The Balaban J connectivity index is 2.17. The van der Waals surface area contributed by atoms with E-state index in [4.69, 9.17) is 33.4 Å². The first-order chi connectivity index (χ1) is 10.9. The minimum Gasteiger partial charge on any atom is -0.480 e. The molecule has 0 aromatic heterocycles. The molecule has 1 aliphatic rings. The summed E-state index contributed by atoms with van der Waals surface area (Å²) in [5.41, 5.74) is 1.27. The number of carbonyl (C=O) groups is 2. The number of halogens is 2. The molecule has 7 nitrogen and oxygen atoms in total. The summed E-state index contributed by atoms with van der Waals surface area (Å²) in [6.45, 7) is -0.709. The van der Waals surface area contributed by atoms with Crippen molar-refractivity contribution in [3.05, 3.63) is 39.9 Å². The first-order valence-electron chi connectivity index (χ1n) is 6.52. The lowest BCUT2D eigenvalue weighted by Crippen LogP contribution is -2.47. The van der Waals surface area contributed by atoms with Crippen LogP contribution in [-0.2, 0) is 9.59 Å². The van der Waals surface area contributed by atoms with E-state index in [0.717, 1.165) is 0 Å². The third-order valence-electron chi connectivity index (χ3n) is 3.08. The standard InChI is InChI=1S/C14H13Cl2N3O4/c15-8-2-1-7(3-9(8)16)10-4-11(18-6-17-10)13(21)19-12(5-20)14(22)23/h1-4,6,11-12,20H,5H2,(H,17,18)(H,19,21)(H,22,23)/t11?,12-/m0/s1. The number of aliphatic hydroxyl groups excluding tert-OH is 1. The van der Waals surface area contributed by atoms with Gasteiger partial charge < -0.3 is 20.8 Å². The summed E-state index contributed by atoms with van der Waals surface area (Å²) in [6, 6.07) is 2.66. The van der Waals surface area contributed by atoms with Crippen LogP contribution in [0.2, 0.25) is 10.0 Å². The maximum atomic E-state index is 12.1. The van der Waals surface area contributed by atoms with E-state index in [1.54, 1.807) is 18.2 Å². The van der Waals surface area contributed by atoms with E-state index in [0.29, 0.717) is 21.3 Å². The number of amides is 1. The van der Waals surface area contributed by atoms with Crippen molar-refractivity contribution in [2.45, 2.75) is 12.1 Å². The molecule has 0 saturated carbocycles. The minimum atomic E-state index is -1.38. The molecule has 1 aromatic carbocycles. The molecule has 0 saturated heterocycles. The van der Waals surface area contributed by atoms with Crippen molar-refractivity contribution < 1.29 is 19.8 Å². The van der Waals surface area contributed by atoms with Gasteiger partial charge in [0.15, 0.2) is 6.04 Å². The maximum absolute atomic E-state index is 12.1. The summed E-state index contributed by atoms with van der Waals surface area (Å²) in [5.74, 6) is -1.96. The molecule has 0 fully saturated rings. The molecule has 0 radical (unpaired) electrons. The van der Waals surface area contributed by atoms with Crippen LogP contribution in [-0.4, -0.2) is 47.1 Å². The second kappa shape index (κ2) is 7.45. The van der Waals surface area contributed by atoms with Crippen molar-refractivity contribution in [1.29, 1.82) is 0 Å². The second-order valence-electron chi connectivity index (χ2n) is 4.66. The number of nitrogens with zero attached hydrogens (tertiary/aromatic N) is 1. The van der Waals surface area contributed by atoms with E-state index in [9.17, 15) is 9.59 Å². The van der Waals surface area contributed by atoms with Crippen LogP contribution in [0.5, 0.6) is 0 Å². The SMILES string of the molecule is O=C(N[C@@H](CO)C(=O)O)C1C=C(c2ccc(Cl)c(Cl)c2)NC=N1. The fraction of sp³-hybridized carbons (Fsp3) is 0.214. The first kappa shape index (κ1) is 17.3. The minimum absolute atomic E-state index is 0.363. The van der Waals surface area contributed by atoms with Crippen LogP contribution in [0.25, 0.3) is 5.70 Å². The largest absolute Gasteiger partial charge is 0.480 e. The molecule has 0 bridgehead atoms.